The lowest BCUT2D eigenvalue weighted by molar-refractivity contribution is 0.177. The molecule has 0 bridgehead atoms. The summed E-state index contributed by atoms with van der Waals surface area (Å²) in [6, 6.07) is 14.1. The number of methoxy groups -OCH3 is 1. The molecule has 31 heavy (non-hydrogen) atoms. The molecule has 0 aliphatic rings. The van der Waals surface area contributed by atoms with Gasteiger partial charge in [-0.2, -0.15) is 0 Å². The summed E-state index contributed by atoms with van der Waals surface area (Å²) in [5, 5.41) is 13.6. The summed E-state index contributed by atoms with van der Waals surface area (Å²) in [6.07, 6.45) is 3.50. The molecule has 0 saturated carbocycles. The molecule has 0 aliphatic carbocycles. The Bertz CT molecular complexity index is 1330. The third kappa shape index (κ3) is 3.83. The molecule has 4 aromatic heterocycles. The van der Waals surface area contributed by atoms with Gasteiger partial charge in [-0.25, -0.2) is 9.97 Å². The smallest absolute Gasteiger partial charge is 0.197 e. The topological polar surface area (TPSA) is 78.6 Å². The maximum Gasteiger partial charge on any atom is 0.197 e. The number of aromatic nitrogens is 6. The first kappa shape index (κ1) is 19.8. The molecule has 0 atom stereocenters. The van der Waals surface area contributed by atoms with Gasteiger partial charge in [-0.05, 0) is 29.5 Å². The lowest BCUT2D eigenvalue weighted by Crippen LogP contribution is -2.00. The molecule has 0 saturated heterocycles. The van der Waals surface area contributed by atoms with Crippen molar-refractivity contribution in [2.45, 2.75) is 16.8 Å². The summed E-state index contributed by atoms with van der Waals surface area (Å²) in [4.78, 5) is 14.5. The quantitative estimate of drug-likeness (QED) is 0.345. The van der Waals surface area contributed by atoms with Gasteiger partial charge in [-0.1, -0.05) is 30.3 Å². The van der Waals surface area contributed by atoms with Gasteiger partial charge in [0.15, 0.2) is 16.8 Å². The van der Waals surface area contributed by atoms with Crippen LogP contribution in [-0.2, 0) is 18.4 Å². The molecule has 0 unspecified atom stereocenters. The number of hydrogen-bond acceptors (Lipinski definition) is 8. The van der Waals surface area contributed by atoms with E-state index < -0.39 is 0 Å². The molecule has 4 heterocycles. The van der Waals surface area contributed by atoms with Crippen LogP contribution >= 0.6 is 23.1 Å². The van der Waals surface area contributed by atoms with Crippen molar-refractivity contribution in [3.8, 4) is 22.5 Å². The average molecular weight is 447 g/mol. The van der Waals surface area contributed by atoms with Crippen LogP contribution in [0.1, 0.15) is 5.82 Å². The van der Waals surface area contributed by atoms with Crippen LogP contribution in [0.4, 0.5) is 0 Å². The monoisotopic (exact) mass is 446 g/mol. The molecule has 0 spiro atoms. The van der Waals surface area contributed by atoms with E-state index in [2.05, 4.69) is 32.7 Å². The minimum atomic E-state index is 0.350. The largest absolute Gasteiger partial charge is 0.377 e. The molecule has 0 N–H and O–H groups in total. The fraction of sp³-hybridized carbons (Fsp3) is 0.136. The summed E-state index contributed by atoms with van der Waals surface area (Å²) in [5.41, 5.74) is 3.21. The third-order valence-corrected chi connectivity index (χ3v) is 6.67. The van der Waals surface area contributed by atoms with E-state index in [1.165, 1.54) is 11.8 Å². The van der Waals surface area contributed by atoms with Crippen molar-refractivity contribution in [3.63, 3.8) is 0 Å². The van der Waals surface area contributed by atoms with Crippen LogP contribution in [0.5, 0.6) is 0 Å². The normalized spacial score (nSPS) is 11.3. The van der Waals surface area contributed by atoms with Crippen LogP contribution < -0.4 is 0 Å². The molecule has 0 fully saturated rings. The molecular weight excluding hydrogens is 428 g/mol. The van der Waals surface area contributed by atoms with Crippen molar-refractivity contribution >= 4 is 33.3 Å². The van der Waals surface area contributed by atoms with Crippen molar-refractivity contribution in [1.82, 2.24) is 29.7 Å². The fourth-order valence-electron chi connectivity index (χ4n) is 3.29. The van der Waals surface area contributed by atoms with Gasteiger partial charge in [0.05, 0.1) is 5.39 Å². The third-order valence-electron chi connectivity index (χ3n) is 4.77. The highest BCUT2D eigenvalue weighted by atomic mass is 32.2. The van der Waals surface area contributed by atoms with Gasteiger partial charge in [0.1, 0.15) is 16.5 Å². The number of ether oxygens (including phenoxy) is 1. The molecule has 7 nitrogen and oxygen atoms in total. The Morgan fingerprint density at radius 1 is 1.00 bits per heavy atom. The molecule has 5 rings (SSSR count). The van der Waals surface area contributed by atoms with E-state index in [-0.39, 0.29) is 0 Å². The zero-order valence-corrected chi connectivity index (χ0v) is 18.5. The van der Waals surface area contributed by atoms with E-state index in [1.54, 1.807) is 30.8 Å². The summed E-state index contributed by atoms with van der Waals surface area (Å²) in [7, 11) is 3.60. The first-order valence-electron chi connectivity index (χ1n) is 9.54. The Morgan fingerprint density at radius 2 is 1.81 bits per heavy atom. The second-order valence-electron chi connectivity index (χ2n) is 6.78. The number of nitrogens with zero attached hydrogens (tertiary/aromatic N) is 6. The van der Waals surface area contributed by atoms with Gasteiger partial charge in [0.25, 0.3) is 0 Å². The number of thiophene rings is 1. The van der Waals surface area contributed by atoms with E-state index >= 15 is 0 Å². The molecule has 9 heteroatoms. The van der Waals surface area contributed by atoms with Gasteiger partial charge in [0, 0.05) is 43.1 Å². The maximum absolute atomic E-state index is 5.29. The predicted octanol–water partition coefficient (Wildman–Crippen LogP) is 4.85. The first-order valence-corrected chi connectivity index (χ1v) is 11.2. The van der Waals surface area contributed by atoms with E-state index in [1.807, 2.05) is 41.9 Å². The lowest BCUT2D eigenvalue weighted by atomic mass is 10.1. The van der Waals surface area contributed by atoms with Crippen LogP contribution in [0, 0.1) is 0 Å². The number of rotatable bonds is 6. The molecule has 5 aromatic rings. The Balaban J connectivity index is 1.62. The summed E-state index contributed by atoms with van der Waals surface area (Å²) in [5.74, 6) is 1.43. The zero-order chi connectivity index (χ0) is 21.2. The van der Waals surface area contributed by atoms with Gasteiger partial charge in [0.2, 0.25) is 0 Å². The Hall–Kier alpha value is -3.14. The summed E-state index contributed by atoms with van der Waals surface area (Å²) in [6.45, 7) is 0.350. The van der Waals surface area contributed by atoms with Gasteiger partial charge >= 0.3 is 0 Å². The molecule has 0 amide bonds. The highest BCUT2D eigenvalue weighted by Gasteiger charge is 2.19. The van der Waals surface area contributed by atoms with E-state index in [0.717, 1.165) is 42.9 Å². The Morgan fingerprint density at radius 3 is 2.58 bits per heavy atom. The Labute approximate surface area is 187 Å². The van der Waals surface area contributed by atoms with E-state index in [9.17, 15) is 0 Å². The standard InChI is InChI=1S/C22H18N6OS2/c1-28-19(15-8-10-23-11-9-15)26-27-22(28)31-21-18-16(14-6-4-3-5-7-14)13-30-20(18)24-17(25-21)12-29-2/h3-11,13H,12H2,1-2H3. The van der Waals surface area contributed by atoms with Gasteiger partial charge in [-0.3, -0.25) is 4.98 Å². The van der Waals surface area contributed by atoms with Crippen molar-refractivity contribution in [2.24, 2.45) is 7.05 Å². The van der Waals surface area contributed by atoms with E-state index in [4.69, 9.17) is 14.7 Å². The van der Waals surface area contributed by atoms with Crippen LogP contribution in [0.2, 0.25) is 0 Å². The molecule has 0 aliphatic heterocycles. The lowest BCUT2D eigenvalue weighted by Gasteiger charge is -2.08. The molecule has 0 radical (unpaired) electrons. The summed E-state index contributed by atoms with van der Waals surface area (Å²) >= 11 is 3.10. The van der Waals surface area contributed by atoms with Crippen LogP contribution in [0.25, 0.3) is 32.7 Å². The van der Waals surface area contributed by atoms with E-state index in [0.29, 0.717) is 12.4 Å². The van der Waals surface area contributed by atoms with Crippen molar-refractivity contribution in [3.05, 3.63) is 66.1 Å². The van der Waals surface area contributed by atoms with Crippen molar-refractivity contribution < 1.29 is 4.74 Å². The zero-order valence-electron chi connectivity index (χ0n) is 16.9. The molecule has 154 valence electrons. The summed E-state index contributed by atoms with van der Waals surface area (Å²) < 4.78 is 7.26. The number of fused-ring (bicyclic) bond motifs is 1. The predicted molar refractivity (Wildman–Crippen MR) is 122 cm³/mol. The second-order valence-corrected chi connectivity index (χ2v) is 8.59. The number of benzene rings is 1. The van der Waals surface area contributed by atoms with Crippen LogP contribution in [0.3, 0.4) is 0 Å². The highest BCUT2D eigenvalue weighted by molar-refractivity contribution is 7.99. The first-order chi connectivity index (χ1) is 15.2. The molecule has 1 aromatic carbocycles. The average Bonchev–Trinajstić information content (AvgIpc) is 3.39. The Kier molecular flexibility index (Phi) is 5.46. The number of pyridine rings is 1. The minimum absolute atomic E-state index is 0.350. The fourth-order valence-corrected chi connectivity index (χ4v) is 5.26. The second kappa shape index (κ2) is 8.54. The van der Waals surface area contributed by atoms with Gasteiger partial charge in [-0.15, -0.1) is 21.5 Å². The van der Waals surface area contributed by atoms with Crippen LogP contribution in [-0.4, -0.2) is 36.8 Å². The van der Waals surface area contributed by atoms with Crippen molar-refractivity contribution in [2.75, 3.05) is 7.11 Å². The highest BCUT2D eigenvalue weighted by Crippen LogP contribution is 2.40. The number of hydrogen-bond donors (Lipinski definition) is 0. The van der Waals surface area contributed by atoms with Crippen LogP contribution in [0.15, 0.2) is 70.4 Å². The van der Waals surface area contributed by atoms with Crippen molar-refractivity contribution in [1.29, 1.82) is 0 Å². The maximum atomic E-state index is 5.29. The minimum Gasteiger partial charge on any atom is -0.377 e. The SMILES string of the molecule is COCc1nc(Sc2nnc(-c3ccncc3)n2C)c2c(-c3ccccc3)csc2n1. The van der Waals surface area contributed by atoms with Gasteiger partial charge < -0.3 is 9.30 Å². The molecular formula is C22H18N6OS2.